The lowest BCUT2D eigenvalue weighted by Crippen LogP contribution is -1.97. The fraction of sp³-hybridized carbons (Fsp3) is 0.0667. The van der Waals surface area contributed by atoms with E-state index in [9.17, 15) is 0 Å². The lowest BCUT2D eigenvalue weighted by Gasteiger charge is -2.07. The number of anilines is 2. The van der Waals surface area contributed by atoms with Gasteiger partial charge in [-0.25, -0.2) is 9.97 Å². The van der Waals surface area contributed by atoms with Crippen LogP contribution in [0.15, 0.2) is 52.4 Å². The van der Waals surface area contributed by atoms with Gasteiger partial charge in [-0.05, 0) is 46.3 Å². The molecule has 0 aliphatic rings. The molecule has 21 heavy (non-hydrogen) atoms. The Kier molecular flexibility index (Phi) is 4.17. The maximum Gasteiger partial charge on any atom is 0.227 e. The van der Waals surface area contributed by atoms with Gasteiger partial charge in [-0.2, -0.15) is 0 Å². The molecule has 0 saturated carbocycles. The van der Waals surface area contributed by atoms with Gasteiger partial charge in [-0.15, -0.1) is 11.3 Å². The van der Waals surface area contributed by atoms with Crippen LogP contribution in [0, 0.1) is 0 Å². The maximum absolute atomic E-state index is 5.20. The van der Waals surface area contributed by atoms with E-state index in [0.717, 1.165) is 25.8 Å². The Morgan fingerprint density at radius 2 is 2.10 bits per heavy atom. The molecule has 0 unspecified atom stereocenters. The lowest BCUT2D eigenvalue weighted by molar-refractivity contribution is 0.415. The minimum Gasteiger partial charge on any atom is -0.497 e. The zero-order chi connectivity index (χ0) is 14.7. The van der Waals surface area contributed by atoms with Gasteiger partial charge in [0.1, 0.15) is 5.75 Å². The van der Waals surface area contributed by atoms with E-state index >= 15 is 0 Å². The van der Waals surface area contributed by atoms with Crippen molar-refractivity contribution in [2.24, 2.45) is 0 Å². The van der Waals surface area contributed by atoms with Crippen LogP contribution in [0.5, 0.6) is 5.75 Å². The number of nitrogens with zero attached hydrogens (tertiary/aromatic N) is 2. The van der Waals surface area contributed by atoms with Crippen LogP contribution in [0.25, 0.3) is 10.6 Å². The highest BCUT2D eigenvalue weighted by molar-refractivity contribution is 9.11. The van der Waals surface area contributed by atoms with Crippen molar-refractivity contribution in [1.29, 1.82) is 0 Å². The molecule has 0 atom stereocenters. The molecule has 0 fully saturated rings. The number of hydrogen-bond donors (Lipinski definition) is 1. The molecule has 2 aromatic heterocycles. The fourth-order valence-corrected chi connectivity index (χ4v) is 3.19. The van der Waals surface area contributed by atoms with Gasteiger partial charge in [-0.3, -0.25) is 0 Å². The van der Waals surface area contributed by atoms with E-state index in [0.29, 0.717) is 5.95 Å². The van der Waals surface area contributed by atoms with Gasteiger partial charge in [0.25, 0.3) is 0 Å². The number of aromatic nitrogens is 2. The summed E-state index contributed by atoms with van der Waals surface area (Å²) < 4.78 is 6.29. The van der Waals surface area contributed by atoms with Crippen molar-refractivity contribution >= 4 is 38.9 Å². The van der Waals surface area contributed by atoms with Gasteiger partial charge in [0.15, 0.2) is 0 Å². The van der Waals surface area contributed by atoms with Gasteiger partial charge < -0.3 is 10.1 Å². The first-order valence-corrected chi connectivity index (χ1v) is 7.85. The molecule has 0 aliphatic heterocycles. The smallest absolute Gasteiger partial charge is 0.227 e. The predicted octanol–water partition coefficient (Wildman–Crippen LogP) is 4.72. The predicted molar refractivity (Wildman–Crippen MR) is 89.3 cm³/mol. The lowest BCUT2D eigenvalue weighted by atomic mass is 10.3. The van der Waals surface area contributed by atoms with E-state index in [-0.39, 0.29) is 0 Å². The van der Waals surface area contributed by atoms with Gasteiger partial charge in [0.2, 0.25) is 5.95 Å². The molecule has 3 rings (SSSR count). The summed E-state index contributed by atoms with van der Waals surface area (Å²) in [6.45, 7) is 0. The summed E-state index contributed by atoms with van der Waals surface area (Å²) in [4.78, 5) is 9.88. The monoisotopic (exact) mass is 361 g/mol. The number of rotatable bonds is 4. The van der Waals surface area contributed by atoms with Gasteiger partial charge >= 0.3 is 0 Å². The van der Waals surface area contributed by atoms with Crippen LogP contribution in [0.3, 0.4) is 0 Å². The largest absolute Gasteiger partial charge is 0.497 e. The summed E-state index contributed by atoms with van der Waals surface area (Å²) in [5.74, 6) is 1.35. The number of ether oxygens (including phenoxy) is 1. The highest BCUT2D eigenvalue weighted by Gasteiger charge is 2.05. The summed E-state index contributed by atoms with van der Waals surface area (Å²) >= 11 is 5.10. The molecule has 1 aromatic carbocycles. The van der Waals surface area contributed by atoms with Gasteiger partial charge in [0, 0.05) is 18.0 Å². The molecular weight excluding hydrogens is 350 g/mol. The normalized spacial score (nSPS) is 10.4. The van der Waals surface area contributed by atoms with Crippen molar-refractivity contribution in [2.45, 2.75) is 0 Å². The number of nitrogens with one attached hydrogen (secondary N) is 1. The van der Waals surface area contributed by atoms with Crippen molar-refractivity contribution in [3.8, 4) is 16.3 Å². The summed E-state index contributed by atoms with van der Waals surface area (Å²) in [5, 5.41) is 3.19. The first-order chi connectivity index (χ1) is 10.2. The van der Waals surface area contributed by atoms with Gasteiger partial charge in [-0.1, -0.05) is 6.07 Å². The third-order valence-electron chi connectivity index (χ3n) is 2.81. The summed E-state index contributed by atoms with van der Waals surface area (Å²) in [5.41, 5.74) is 1.78. The topological polar surface area (TPSA) is 47.0 Å². The quantitative estimate of drug-likeness (QED) is 0.730. The average Bonchev–Trinajstić information content (AvgIpc) is 2.94. The molecule has 0 aliphatic carbocycles. The highest BCUT2D eigenvalue weighted by Crippen LogP contribution is 2.30. The van der Waals surface area contributed by atoms with E-state index in [1.807, 2.05) is 42.5 Å². The SMILES string of the molecule is COc1cccc(Nc2nccc(-c3ccc(Br)s3)n2)c1. The number of hydrogen-bond acceptors (Lipinski definition) is 5. The number of methoxy groups -OCH3 is 1. The Bertz CT molecular complexity index is 760. The number of thiophene rings is 1. The average molecular weight is 362 g/mol. The van der Waals surface area contributed by atoms with Crippen LogP contribution in [0.2, 0.25) is 0 Å². The van der Waals surface area contributed by atoms with Crippen LogP contribution in [0.1, 0.15) is 0 Å². The molecule has 106 valence electrons. The molecule has 0 radical (unpaired) electrons. The van der Waals surface area contributed by atoms with E-state index in [1.165, 1.54) is 0 Å². The van der Waals surface area contributed by atoms with Crippen LogP contribution in [0.4, 0.5) is 11.6 Å². The molecule has 1 N–H and O–H groups in total. The molecule has 0 saturated heterocycles. The molecule has 0 amide bonds. The van der Waals surface area contributed by atoms with Crippen molar-refractivity contribution in [1.82, 2.24) is 9.97 Å². The minimum absolute atomic E-state index is 0.560. The second-order valence-corrected chi connectivity index (χ2v) is 6.69. The van der Waals surface area contributed by atoms with Crippen LogP contribution >= 0.6 is 27.3 Å². The Labute approximate surface area is 135 Å². The second kappa shape index (κ2) is 6.24. The summed E-state index contributed by atoms with van der Waals surface area (Å²) in [6, 6.07) is 13.6. The fourth-order valence-electron chi connectivity index (χ4n) is 1.84. The molecular formula is C15H12BrN3OS. The Morgan fingerprint density at radius 1 is 1.19 bits per heavy atom. The third-order valence-corrected chi connectivity index (χ3v) is 4.45. The summed E-state index contributed by atoms with van der Waals surface area (Å²) in [6.07, 6.45) is 1.75. The molecule has 2 heterocycles. The zero-order valence-corrected chi connectivity index (χ0v) is 13.6. The molecule has 0 bridgehead atoms. The second-order valence-electron chi connectivity index (χ2n) is 4.23. The standard InChI is InChI=1S/C15H12BrN3OS/c1-20-11-4-2-3-10(9-11)18-15-17-8-7-12(19-15)13-5-6-14(16)21-13/h2-9H,1H3,(H,17,18,19). The Morgan fingerprint density at radius 3 is 2.86 bits per heavy atom. The van der Waals surface area contributed by atoms with Crippen LogP contribution in [-0.4, -0.2) is 17.1 Å². The van der Waals surface area contributed by atoms with Crippen LogP contribution < -0.4 is 10.1 Å². The maximum atomic E-state index is 5.20. The van der Waals surface area contributed by atoms with Crippen LogP contribution in [-0.2, 0) is 0 Å². The molecule has 3 aromatic rings. The number of benzene rings is 1. The van der Waals surface area contributed by atoms with Gasteiger partial charge in [0.05, 0.1) is 21.5 Å². The third kappa shape index (κ3) is 3.40. The summed E-state index contributed by atoms with van der Waals surface area (Å²) in [7, 11) is 1.64. The van der Waals surface area contributed by atoms with E-state index in [4.69, 9.17) is 4.74 Å². The first-order valence-electron chi connectivity index (χ1n) is 6.24. The Balaban J connectivity index is 1.86. The van der Waals surface area contributed by atoms with Crippen molar-refractivity contribution in [2.75, 3.05) is 12.4 Å². The molecule has 0 spiro atoms. The van der Waals surface area contributed by atoms with E-state index in [2.05, 4.69) is 31.2 Å². The van der Waals surface area contributed by atoms with Crippen molar-refractivity contribution in [3.05, 3.63) is 52.4 Å². The Hall–Kier alpha value is -1.92. The molecule has 4 nitrogen and oxygen atoms in total. The first kappa shape index (κ1) is 14.0. The zero-order valence-electron chi connectivity index (χ0n) is 11.2. The van der Waals surface area contributed by atoms with E-state index in [1.54, 1.807) is 24.6 Å². The number of halogens is 1. The van der Waals surface area contributed by atoms with Crippen molar-refractivity contribution < 1.29 is 4.74 Å². The molecule has 6 heteroatoms. The van der Waals surface area contributed by atoms with E-state index < -0.39 is 0 Å². The minimum atomic E-state index is 0.560. The highest BCUT2D eigenvalue weighted by atomic mass is 79.9. The van der Waals surface area contributed by atoms with Crippen molar-refractivity contribution in [3.63, 3.8) is 0 Å².